The van der Waals surface area contributed by atoms with Crippen LogP contribution in [0.4, 0.5) is 19.1 Å². The van der Waals surface area contributed by atoms with Crippen LogP contribution in [-0.2, 0) is 24.1 Å². The molecule has 0 saturated carbocycles. The molecule has 0 bridgehead atoms. The van der Waals surface area contributed by atoms with Gasteiger partial charge in [0.2, 0.25) is 11.9 Å². The third-order valence-corrected chi connectivity index (χ3v) is 5.28. The minimum atomic E-state index is -4.54. The Morgan fingerprint density at radius 1 is 1.00 bits per heavy atom. The van der Waals surface area contributed by atoms with Gasteiger partial charge < -0.3 is 8.98 Å². The maximum atomic E-state index is 13.2. The van der Waals surface area contributed by atoms with Crippen LogP contribution in [0, 0.1) is 0 Å². The first kappa shape index (κ1) is 21.4. The molecule has 0 spiro atoms. The van der Waals surface area contributed by atoms with E-state index in [4.69, 9.17) is 4.42 Å². The first-order valence-electron chi connectivity index (χ1n) is 10.1. The summed E-state index contributed by atoms with van der Waals surface area (Å²) in [6.07, 6.45) is -1.94. The summed E-state index contributed by atoms with van der Waals surface area (Å²) < 4.78 is 47.7. The van der Waals surface area contributed by atoms with Crippen LogP contribution in [0.2, 0.25) is 0 Å². The fraction of sp³-hybridized carbons (Fsp3) is 0.130. The molecule has 3 aromatic heterocycles. The van der Waals surface area contributed by atoms with Gasteiger partial charge in [-0.25, -0.2) is 9.97 Å². The van der Waals surface area contributed by atoms with Crippen molar-refractivity contribution < 1.29 is 22.4 Å². The average Bonchev–Trinajstić information content (AvgIpc) is 3.43. The molecule has 0 aliphatic rings. The van der Waals surface area contributed by atoms with Crippen LogP contribution >= 0.6 is 0 Å². The van der Waals surface area contributed by atoms with Crippen molar-refractivity contribution in [2.75, 3.05) is 5.32 Å². The van der Waals surface area contributed by atoms with Gasteiger partial charge in [0.1, 0.15) is 12.3 Å². The highest BCUT2D eigenvalue weighted by Gasteiger charge is 2.31. The number of halogens is 3. The SMILES string of the molecule is O=C(Cn1c(=O)cnc2ccccc21)Nc1nc2cc(C(F)(F)F)ccc2n1Cc1ccco1. The molecule has 0 radical (unpaired) electrons. The van der Waals surface area contributed by atoms with E-state index in [9.17, 15) is 22.8 Å². The van der Waals surface area contributed by atoms with Gasteiger partial charge in [0.15, 0.2) is 0 Å². The minimum Gasteiger partial charge on any atom is -0.467 e. The summed E-state index contributed by atoms with van der Waals surface area (Å²) in [6.45, 7) is -0.206. The van der Waals surface area contributed by atoms with Crippen LogP contribution in [0.5, 0.6) is 0 Å². The summed E-state index contributed by atoms with van der Waals surface area (Å²) in [5, 5.41) is 2.62. The maximum absolute atomic E-state index is 13.2. The van der Waals surface area contributed by atoms with E-state index in [0.29, 0.717) is 22.3 Å². The summed E-state index contributed by atoms with van der Waals surface area (Å²) in [6, 6.07) is 13.4. The lowest BCUT2D eigenvalue weighted by Gasteiger charge is -2.11. The summed E-state index contributed by atoms with van der Waals surface area (Å²) in [7, 11) is 0. The number of aromatic nitrogens is 4. The number of carbonyl (C=O) groups is 1. The maximum Gasteiger partial charge on any atom is 0.416 e. The number of para-hydroxylation sites is 2. The molecule has 0 saturated heterocycles. The fourth-order valence-corrected chi connectivity index (χ4v) is 3.71. The monoisotopic (exact) mass is 467 g/mol. The van der Waals surface area contributed by atoms with Gasteiger partial charge >= 0.3 is 6.18 Å². The number of imidazole rings is 1. The summed E-state index contributed by atoms with van der Waals surface area (Å²) in [5.41, 5.74) is 0.140. The number of hydrogen-bond donors (Lipinski definition) is 1. The van der Waals surface area contributed by atoms with Crippen molar-refractivity contribution in [3.05, 3.63) is 88.7 Å². The summed E-state index contributed by atoms with van der Waals surface area (Å²) in [5.74, 6) is -0.0290. The molecule has 0 aliphatic heterocycles. The summed E-state index contributed by atoms with van der Waals surface area (Å²) in [4.78, 5) is 33.5. The zero-order valence-electron chi connectivity index (χ0n) is 17.4. The lowest BCUT2D eigenvalue weighted by molar-refractivity contribution is -0.137. The Morgan fingerprint density at radius 3 is 2.56 bits per heavy atom. The molecule has 5 rings (SSSR count). The van der Waals surface area contributed by atoms with E-state index in [2.05, 4.69) is 15.3 Å². The van der Waals surface area contributed by atoms with Gasteiger partial charge in [-0.15, -0.1) is 0 Å². The molecule has 1 amide bonds. The molecule has 3 heterocycles. The van der Waals surface area contributed by atoms with Gasteiger partial charge in [0, 0.05) is 0 Å². The van der Waals surface area contributed by atoms with Crippen molar-refractivity contribution in [2.24, 2.45) is 0 Å². The highest BCUT2D eigenvalue weighted by molar-refractivity contribution is 5.92. The Morgan fingerprint density at radius 2 is 1.79 bits per heavy atom. The number of fused-ring (bicyclic) bond motifs is 2. The first-order chi connectivity index (χ1) is 16.3. The highest BCUT2D eigenvalue weighted by Crippen LogP contribution is 2.32. The van der Waals surface area contributed by atoms with E-state index in [1.807, 2.05) is 0 Å². The van der Waals surface area contributed by atoms with E-state index < -0.39 is 23.2 Å². The van der Waals surface area contributed by atoms with E-state index in [0.717, 1.165) is 18.3 Å². The van der Waals surface area contributed by atoms with Crippen LogP contribution in [-0.4, -0.2) is 25.0 Å². The third-order valence-electron chi connectivity index (χ3n) is 5.28. The molecular weight excluding hydrogens is 451 g/mol. The van der Waals surface area contributed by atoms with Crippen LogP contribution in [0.25, 0.3) is 22.1 Å². The van der Waals surface area contributed by atoms with Crippen molar-refractivity contribution >= 4 is 33.9 Å². The predicted molar refractivity (Wildman–Crippen MR) is 117 cm³/mol. The van der Waals surface area contributed by atoms with Gasteiger partial charge in [0.05, 0.1) is 46.6 Å². The molecule has 11 heteroatoms. The number of carbonyl (C=O) groups excluding carboxylic acids is 1. The number of amides is 1. The van der Waals surface area contributed by atoms with Crippen LogP contribution in [0.1, 0.15) is 11.3 Å². The minimum absolute atomic E-state index is 0.0298. The van der Waals surface area contributed by atoms with Crippen LogP contribution in [0.15, 0.2) is 76.3 Å². The average molecular weight is 467 g/mol. The van der Waals surface area contributed by atoms with Crippen molar-refractivity contribution in [3.63, 3.8) is 0 Å². The number of hydrogen-bond acceptors (Lipinski definition) is 5. The van der Waals surface area contributed by atoms with E-state index in [-0.39, 0.29) is 24.6 Å². The topological polar surface area (TPSA) is 95.0 Å². The normalized spacial score (nSPS) is 11.9. The zero-order valence-corrected chi connectivity index (χ0v) is 17.4. The molecular formula is C23H16F3N5O3. The largest absolute Gasteiger partial charge is 0.467 e. The Labute approximate surface area is 189 Å². The lowest BCUT2D eigenvalue weighted by atomic mass is 10.2. The molecule has 0 atom stereocenters. The number of rotatable bonds is 5. The van der Waals surface area contributed by atoms with Gasteiger partial charge in [0.25, 0.3) is 5.56 Å². The van der Waals surface area contributed by atoms with Crippen molar-refractivity contribution in [2.45, 2.75) is 19.3 Å². The molecule has 8 nitrogen and oxygen atoms in total. The number of anilines is 1. The zero-order chi connectivity index (χ0) is 23.9. The molecule has 2 aromatic carbocycles. The van der Waals surface area contributed by atoms with Crippen molar-refractivity contribution in [1.82, 2.24) is 19.1 Å². The van der Waals surface area contributed by atoms with Crippen molar-refractivity contribution in [1.29, 1.82) is 0 Å². The Balaban J connectivity index is 1.52. The Kier molecular flexibility index (Phi) is 5.16. The number of benzene rings is 2. The molecule has 34 heavy (non-hydrogen) atoms. The standard InChI is InChI=1S/C23H16F3N5O3/c24-23(25,26)14-7-8-19-17(10-14)28-22(31(19)12-15-4-3-9-34-15)29-20(32)13-30-18-6-2-1-5-16(18)27-11-21(30)33/h1-11H,12-13H2,(H,28,29,32). The molecule has 1 N–H and O–H groups in total. The van der Waals surface area contributed by atoms with E-state index in [1.165, 1.54) is 16.9 Å². The lowest BCUT2D eigenvalue weighted by Crippen LogP contribution is -2.28. The molecule has 172 valence electrons. The number of nitrogens with zero attached hydrogens (tertiary/aromatic N) is 4. The third kappa shape index (κ3) is 4.03. The second kappa shape index (κ2) is 8.18. The molecule has 0 aliphatic carbocycles. The van der Waals surface area contributed by atoms with Crippen LogP contribution < -0.4 is 10.9 Å². The van der Waals surface area contributed by atoms with Crippen LogP contribution in [0.3, 0.4) is 0 Å². The number of alkyl halides is 3. The van der Waals surface area contributed by atoms with Gasteiger partial charge in [-0.2, -0.15) is 13.2 Å². The Hall–Kier alpha value is -4.41. The quantitative estimate of drug-likeness (QED) is 0.421. The van der Waals surface area contributed by atoms with E-state index in [1.54, 1.807) is 41.0 Å². The van der Waals surface area contributed by atoms with Gasteiger partial charge in [-0.3, -0.25) is 19.5 Å². The first-order valence-corrected chi connectivity index (χ1v) is 10.1. The van der Waals surface area contributed by atoms with Gasteiger partial charge in [-0.05, 0) is 42.5 Å². The molecule has 0 unspecified atom stereocenters. The second-order valence-electron chi connectivity index (χ2n) is 7.52. The number of nitrogens with one attached hydrogen (secondary N) is 1. The predicted octanol–water partition coefficient (Wildman–Crippen LogP) is 4.05. The van der Waals surface area contributed by atoms with Gasteiger partial charge in [-0.1, -0.05) is 12.1 Å². The second-order valence-corrected chi connectivity index (χ2v) is 7.52. The Bertz CT molecular complexity index is 1570. The van der Waals surface area contributed by atoms with E-state index >= 15 is 0 Å². The smallest absolute Gasteiger partial charge is 0.416 e. The number of furan rings is 1. The molecule has 5 aromatic rings. The highest BCUT2D eigenvalue weighted by atomic mass is 19.4. The fourth-order valence-electron chi connectivity index (χ4n) is 3.71. The summed E-state index contributed by atoms with van der Waals surface area (Å²) >= 11 is 0. The van der Waals surface area contributed by atoms with Crippen molar-refractivity contribution in [3.8, 4) is 0 Å². The molecule has 0 fully saturated rings.